The number of benzene rings is 1. The van der Waals surface area contributed by atoms with Crippen molar-refractivity contribution in [1.29, 1.82) is 0 Å². The van der Waals surface area contributed by atoms with E-state index in [1.165, 1.54) is 16.5 Å². The molecule has 1 heterocycles. The van der Waals surface area contributed by atoms with Gasteiger partial charge in [-0.3, -0.25) is 0 Å². The number of halogens is 1. The monoisotopic (exact) mass is 267 g/mol. The molecule has 1 aromatic carbocycles. The minimum Gasteiger partial charge on any atom is -0.393 e. The second kappa shape index (κ2) is 3.99. The smallest absolute Gasteiger partial charge is 0.0552 e. The summed E-state index contributed by atoms with van der Waals surface area (Å²) in [5.41, 5.74) is 2.38. The standard InChI is InChI=1S/C12H14BrNO/c1-8(15)5-9-3-4-12-10(6-9)11(13)7-14(12)2/h3-4,6-8,15H,5H2,1-2H3. The SMILES string of the molecule is CC(O)Cc1ccc2c(c1)c(Br)cn2C. The Balaban J connectivity index is 2.50. The molecule has 0 spiro atoms. The summed E-state index contributed by atoms with van der Waals surface area (Å²) in [7, 11) is 2.03. The normalized spacial score (nSPS) is 13.3. The van der Waals surface area contributed by atoms with Crippen LogP contribution in [-0.4, -0.2) is 15.8 Å². The Bertz CT molecular complexity index is 488. The summed E-state index contributed by atoms with van der Waals surface area (Å²) in [5, 5.41) is 10.5. The molecule has 0 radical (unpaired) electrons. The van der Waals surface area contributed by atoms with Crippen LogP contribution in [0.1, 0.15) is 12.5 Å². The van der Waals surface area contributed by atoms with E-state index < -0.39 is 0 Å². The van der Waals surface area contributed by atoms with Gasteiger partial charge in [0, 0.05) is 28.6 Å². The van der Waals surface area contributed by atoms with Gasteiger partial charge in [-0.25, -0.2) is 0 Å². The van der Waals surface area contributed by atoms with Gasteiger partial charge in [0.05, 0.1) is 6.10 Å². The molecule has 1 aromatic heterocycles. The Labute approximate surface area is 97.7 Å². The molecule has 80 valence electrons. The van der Waals surface area contributed by atoms with Gasteiger partial charge in [0.1, 0.15) is 0 Å². The number of hydrogen-bond acceptors (Lipinski definition) is 1. The first kappa shape index (κ1) is 10.7. The van der Waals surface area contributed by atoms with Crippen LogP contribution in [0.4, 0.5) is 0 Å². The predicted octanol–water partition coefficient (Wildman–Crippen LogP) is 2.86. The average Bonchev–Trinajstić information content (AvgIpc) is 2.41. The van der Waals surface area contributed by atoms with Crippen LogP contribution in [0.2, 0.25) is 0 Å². The Morgan fingerprint density at radius 2 is 2.20 bits per heavy atom. The highest BCUT2D eigenvalue weighted by Crippen LogP contribution is 2.26. The molecule has 0 aliphatic heterocycles. The maximum atomic E-state index is 9.34. The van der Waals surface area contributed by atoms with Crippen molar-refractivity contribution < 1.29 is 5.11 Å². The highest BCUT2D eigenvalue weighted by Gasteiger charge is 2.06. The van der Waals surface area contributed by atoms with E-state index in [-0.39, 0.29) is 6.10 Å². The van der Waals surface area contributed by atoms with Gasteiger partial charge in [-0.2, -0.15) is 0 Å². The molecule has 15 heavy (non-hydrogen) atoms. The summed E-state index contributed by atoms with van der Waals surface area (Å²) < 4.78 is 3.19. The number of aryl methyl sites for hydroxylation is 1. The van der Waals surface area contributed by atoms with Crippen molar-refractivity contribution in [2.24, 2.45) is 7.05 Å². The number of nitrogens with zero attached hydrogens (tertiary/aromatic N) is 1. The third-order valence-corrected chi connectivity index (χ3v) is 3.17. The second-order valence-corrected chi connectivity index (χ2v) is 4.85. The van der Waals surface area contributed by atoms with Crippen molar-refractivity contribution in [2.75, 3.05) is 0 Å². The van der Waals surface area contributed by atoms with Crippen LogP contribution in [0.3, 0.4) is 0 Å². The highest BCUT2D eigenvalue weighted by atomic mass is 79.9. The van der Waals surface area contributed by atoms with Crippen LogP contribution < -0.4 is 0 Å². The minimum atomic E-state index is -0.287. The molecular weight excluding hydrogens is 254 g/mol. The van der Waals surface area contributed by atoms with Gasteiger partial charge in [-0.05, 0) is 47.0 Å². The van der Waals surface area contributed by atoms with E-state index in [1.54, 1.807) is 0 Å². The van der Waals surface area contributed by atoms with Crippen LogP contribution >= 0.6 is 15.9 Å². The zero-order chi connectivity index (χ0) is 11.0. The Hall–Kier alpha value is -0.800. The molecule has 3 heteroatoms. The topological polar surface area (TPSA) is 25.2 Å². The van der Waals surface area contributed by atoms with Gasteiger partial charge < -0.3 is 9.67 Å². The molecule has 2 rings (SSSR count). The molecule has 1 atom stereocenters. The van der Waals surface area contributed by atoms with E-state index in [9.17, 15) is 5.11 Å². The zero-order valence-corrected chi connectivity index (χ0v) is 10.5. The molecule has 0 saturated heterocycles. The van der Waals surface area contributed by atoms with Crippen LogP contribution in [0, 0.1) is 0 Å². The van der Waals surface area contributed by atoms with E-state index in [1.807, 2.05) is 14.0 Å². The van der Waals surface area contributed by atoms with Crippen molar-refractivity contribution in [1.82, 2.24) is 4.57 Å². The van der Waals surface area contributed by atoms with Crippen LogP contribution in [0.25, 0.3) is 10.9 Å². The minimum absolute atomic E-state index is 0.287. The summed E-state index contributed by atoms with van der Waals surface area (Å²) in [4.78, 5) is 0. The quantitative estimate of drug-likeness (QED) is 0.890. The van der Waals surface area contributed by atoms with Gasteiger partial charge in [-0.1, -0.05) is 6.07 Å². The number of aliphatic hydroxyl groups is 1. The Morgan fingerprint density at radius 1 is 1.47 bits per heavy atom. The first-order valence-electron chi connectivity index (χ1n) is 4.99. The lowest BCUT2D eigenvalue weighted by atomic mass is 10.1. The van der Waals surface area contributed by atoms with E-state index in [0.29, 0.717) is 6.42 Å². The van der Waals surface area contributed by atoms with Crippen LogP contribution in [-0.2, 0) is 13.5 Å². The molecule has 0 bridgehead atoms. The van der Waals surface area contributed by atoms with Crippen molar-refractivity contribution in [3.05, 3.63) is 34.4 Å². The second-order valence-electron chi connectivity index (χ2n) is 3.99. The average molecular weight is 268 g/mol. The summed E-state index contributed by atoms with van der Waals surface area (Å²) in [6, 6.07) is 6.30. The van der Waals surface area contributed by atoms with E-state index >= 15 is 0 Å². The fourth-order valence-corrected chi connectivity index (χ4v) is 2.48. The van der Waals surface area contributed by atoms with Gasteiger partial charge in [-0.15, -0.1) is 0 Å². The number of hydrogen-bond donors (Lipinski definition) is 1. The lowest BCUT2D eigenvalue weighted by Crippen LogP contribution is -2.03. The first-order valence-corrected chi connectivity index (χ1v) is 5.79. The summed E-state index contributed by atoms with van der Waals surface area (Å²) in [6.07, 6.45) is 2.47. The number of rotatable bonds is 2. The zero-order valence-electron chi connectivity index (χ0n) is 8.87. The van der Waals surface area contributed by atoms with Crippen molar-refractivity contribution in [3.63, 3.8) is 0 Å². The van der Waals surface area contributed by atoms with Crippen molar-refractivity contribution in [2.45, 2.75) is 19.4 Å². The third-order valence-electron chi connectivity index (χ3n) is 2.54. The van der Waals surface area contributed by atoms with Crippen LogP contribution in [0.5, 0.6) is 0 Å². The number of aromatic nitrogens is 1. The Kier molecular flexibility index (Phi) is 2.85. The maximum absolute atomic E-state index is 9.34. The molecular formula is C12H14BrNO. The molecule has 1 N–H and O–H groups in total. The highest BCUT2D eigenvalue weighted by molar-refractivity contribution is 9.10. The molecule has 0 aliphatic rings. The lowest BCUT2D eigenvalue weighted by molar-refractivity contribution is 0.195. The number of fused-ring (bicyclic) bond motifs is 1. The van der Waals surface area contributed by atoms with E-state index in [0.717, 1.165) is 4.47 Å². The molecule has 2 aromatic rings. The molecule has 0 amide bonds. The van der Waals surface area contributed by atoms with Crippen molar-refractivity contribution >= 4 is 26.8 Å². The fourth-order valence-electron chi connectivity index (χ4n) is 1.86. The van der Waals surface area contributed by atoms with E-state index in [2.05, 4.69) is 44.9 Å². The van der Waals surface area contributed by atoms with Crippen LogP contribution in [0.15, 0.2) is 28.9 Å². The van der Waals surface area contributed by atoms with Gasteiger partial charge >= 0.3 is 0 Å². The summed E-state index contributed by atoms with van der Waals surface area (Å²) in [6.45, 7) is 1.81. The third kappa shape index (κ3) is 2.08. The predicted molar refractivity (Wildman–Crippen MR) is 66.0 cm³/mol. The van der Waals surface area contributed by atoms with Gasteiger partial charge in [0.25, 0.3) is 0 Å². The lowest BCUT2D eigenvalue weighted by Gasteiger charge is -2.05. The molecule has 0 saturated carbocycles. The Morgan fingerprint density at radius 3 is 2.87 bits per heavy atom. The summed E-state index contributed by atoms with van der Waals surface area (Å²) in [5.74, 6) is 0. The largest absolute Gasteiger partial charge is 0.393 e. The molecule has 2 nitrogen and oxygen atoms in total. The summed E-state index contributed by atoms with van der Waals surface area (Å²) >= 11 is 3.53. The number of aliphatic hydroxyl groups excluding tert-OH is 1. The first-order chi connectivity index (χ1) is 7.08. The van der Waals surface area contributed by atoms with Gasteiger partial charge in [0.2, 0.25) is 0 Å². The van der Waals surface area contributed by atoms with Gasteiger partial charge in [0.15, 0.2) is 0 Å². The molecule has 0 fully saturated rings. The molecule has 0 aliphatic carbocycles. The van der Waals surface area contributed by atoms with Crippen molar-refractivity contribution in [3.8, 4) is 0 Å². The fraction of sp³-hybridized carbons (Fsp3) is 0.333. The molecule has 1 unspecified atom stereocenters. The maximum Gasteiger partial charge on any atom is 0.0552 e. The van der Waals surface area contributed by atoms with E-state index in [4.69, 9.17) is 0 Å².